The van der Waals surface area contributed by atoms with E-state index >= 15 is 0 Å². The van der Waals surface area contributed by atoms with Crippen molar-refractivity contribution in [1.29, 1.82) is 0 Å². The van der Waals surface area contributed by atoms with Gasteiger partial charge < -0.3 is 10.6 Å². The second kappa shape index (κ2) is 4.53. The van der Waals surface area contributed by atoms with Gasteiger partial charge in [-0.15, -0.1) is 0 Å². The molecule has 0 radical (unpaired) electrons. The van der Waals surface area contributed by atoms with Gasteiger partial charge in [0.15, 0.2) is 0 Å². The van der Waals surface area contributed by atoms with E-state index in [1.807, 2.05) is 4.90 Å². The van der Waals surface area contributed by atoms with E-state index in [1.165, 1.54) is 0 Å². The van der Waals surface area contributed by atoms with Crippen molar-refractivity contribution in [1.82, 2.24) is 4.90 Å². The lowest BCUT2D eigenvalue weighted by molar-refractivity contribution is -0.137. The largest absolute Gasteiger partial charge is 0.390 e. The molecule has 2 aliphatic rings. The summed E-state index contributed by atoms with van der Waals surface area (Å²) in [5.74, 6) is 0.971. The number of alkyl halides is 3. The van der Waals surface area contributed by atoms with Crippen molar-refractivity contribution in [3.05, 3.63) is 0 Å². The quantitative estimate of drug-likeness (QED) is 0.794. The van der Waals surface area contributed by atoms with Gasteiger partial charge in [-0.05, 0) is 24.7 Å². The van der Waals surface area contributed by atoms with Crippen LogP contribution in [0.4, 0.5) is 13.2 Å². The standard InChI is InChI=1S/C11H19F3N2/c12-11(13,14)4-5-16-6-8-2-1-3-10(15)9(8)7-16/h8-10H,1-7,15H2. The number of likely N-dealkylation sites (tertiary alicyclic amines) is 1. The Hall–Kier alpha value is -0.290. The van der Waals surface area contributed by atoms with E-state index < -0.39 is 12.6 Å². The molecule has 2 fully saturated rings. The molecule has 0 amide bonds. The Morgan fingerprint density at radius 2 is 1.94 bits per heavy atom. The Morgan fingerprint density at radius 1 is 1.19 bits per heavy atom. The highest BCUT2D eigenvalue weighted by atomic mass is 19.4. The second-order valence-electron chi connectivity index (χ2n) is 5.14. The van der Waals surface area contributed by atoms with Gasteiger partial charge in [-0.3, -0.25) is 0 Å². The minimum Gasteiger partial charge on any atom is -0.327 e. The van der Waals surface area contributed by atoms with Crippen LogP contribution < -0.4 is 5.73 Å². The SMILES string of the molecule is NC1CCCC2CN(CCC(F)(F)F)CC12. The topological polar surface area (TPSA) is 29.3 Å². The number of hydrogen-bond acceptors (Lipinski definition) is 2. The van der Waals surface area contributed by atoms with Gasteiger partial charge in [0.2, 0.25) is 0 Å². The molecule has 2 N–H and O–H groups in total. The van der Waals surface area contributed by atoms with Gasteiger partial charge in [-0.25, -0.2) is 0 Å². The van der Waals surface area contributed by atoms with Crippen molar-refractivity contribution in [2.75, 3.05) is 19.6 Å². The van der Waals surface area contributed by atoms with Crippen molar-refractivity contribution in [2.24, 2.45) is 17.6 Å². The summed E-state index contributed by atoms with van der Waals surface area (Å²) in [5, 5.41) is 0. The zero-order valence-corrected chi connectivity index (χ0v) is 9.34. The monoisotopic (exact) mass is 236 g/mol. The van der Waals surface area contributed by atoms with E-state index in [9.17, 15) is 13.2 Å². The average Bonchev–Trinajstić information content (AvgIpc) is 2.58. The van der Waals surface area contributed by atoms with E-state index in [4.69, 9.17) is 5.73 Å². The fraction of sp³-hybridized carbons (Fsp3) is 1.00. The van der Waals surface area contributed by atoms with Crippen LogP contribution in [0, 0.1) is 11.8 Å². The first-order valence-corrected chi connectivity index (χ1v) is 6.00. The molecule has 1 saturated heterocycles. The number of nitrogens with zero attached hydrogens (tertiary/aromatic N) is 1. The number of nitrogens with two attached hydrogens (primary N) is 1. The number of halogens is 3. The highest BCUT2D eigenvalue weighted by Gasteiger charge is 2.39. The molecule has 0 aromatic carbocycles. The molecular formula is C11H19F3N2. The first-order chi connectivity index (χ1) is 7.46. The van der Waals surface area contributed by atoms with E-state index in [0.717, 1.165) is 32.4 Å². The fourth-order valence-electron chi connectivity index (χ4n) is 3.08. The Kier molecular flexibility index (Phi) is 3.45. The van der Waals surface area contributed by atoms with Crippen LogP contribution in [0.2, 0.25) is 0 Å². The number of rotatable bonds is 2. The van der Waals surface area contributed by atoms with Gasteiger partial charge in [-0.2, -0.15) is 13.2 Å². The van der Waals surface area contributed by atoms with E-state index in [-0.39, 0.29) is 12.6 Å². The second-order valence-corrected chi connectivity index (χ2v) is 5.14. The minimum atomic E-state index is -4.03. The third kappa shape index (κ3) is 2.88. The normalized spacial score (nSPS) is 36.4. The smallest absolute Gasteiger partial charge is 0.327 e. The summed E-state index contributed by atoms with van der Waals surface area (Å²) in [4.78, 5) is 1.94. The molecule has 16 heavy (non-hydrogen) atoms. The Labute approximate surface area is 94.0 Å². The molecule has 0 spiro atoms. The molecule has 3 atom stereocenters. The molecule has 2 nitrogen and oxygen atoms in total. The Balaban J connectivity index is 1.82. The third-order valence-electron chi connectivity index (χ3n) is 3.94. The maximum atomic E-state index is 12.1. The molecule has 1 aliphatic heterocycles. The van der Waals surface area contributed by atoms with Crippen LogP contribution in [0.25, 0.3) is 0 Å². The maximum Gasteiger partial charge on any atom is 0.390 e. The van der Waals surface area contributed by atoms with Gasteiger partial charge in [-0.1, -0.05) is 6.42 Å². The Bertz CT molecular complexity index is 242. The van der Waals surface area contributed by atoms with Crippen molar-refractivity contribution in [3.63, 3.8) is 0 Å². The van der Waals surface area contributed by atoms with Crippen LogP contribution in [0.5, 0.6) is 0 Å². The van der Waals surface area contributed by atoms with Gasteiger partial charge in [0.05, 0.1) is 6.42 Å². The Morgan fingerprint density at radius 3 is 2.56 bits per heavy atom. The van der Waals surface area contributed by atoms with E-state index in [2.05, 4.69) is 0 Å². The molecule has 0 aromatic heterocycles. The molecule has 1 heterocycles. The van der Waals surface area contributed by atoms with Crippen LogP contribution in [0.1, 0.15) is 25.7 Å². The lowest BCUT2D eigenvalue weighted by atomic mass is 9.78. The molecular weight excluding hydrogens is 217 g/mol. The molecule has 2 rings (SSSR count). The molecule has 5 heteroatoms. The molecule has 0 aromatic rings. The van der Waals surface area contributed by atoms with Crippen LogP contribution in [0.3, 0.4) is 0 Å². The minimum absolute atomic E-state index is 0.142. The van der Waals surface area contributed by atoms with E-state index in [0.29, 0.717) is 11.8 Å². The highest BCUT2D eigenvalue weighted by molar-refractivity contribution is 4.93. The predicted molar refractivity (Wildman–Crippen MR) is 55.9 cm³/mol. The molecule has 0 bridgehead atoms. The van der Waals surface area contributed by atoms with Crippen molar-refractivity contribution < 1.29 is 13.2 Å². The van der Waals surface area contributed by atoms with Crippen LogP contribution in [-0.2, 0) is 0 Å². The van der Waals surface area contributed by atoms with Crippen molar-refractivity contribution in [3.8, 4) is 0 Å². The summed E-state index contributed by atoms with van der Waals surface area (Å²) in [6, 6.07) is 0.203. The van der Waals surface area contributed by atoms with Crippen molar-refractivity contribution in [2.45, 2.75) is 37.9 Å². The van der Waals surface area contributed by atoms with Crippen LogP contribution in [-0.4, -0.2) is 36.8 Å². The van der Waals surface area contributed by atoms with Crippen molar-refractivity contribution >= 4 is 0 Å². The molecule has 94 valence electrons. The van der Waals surface area contributed by atoms with Gasteiger partial charge in [0.25, 0.3) is 0 Å². The first-order valence-electron chi connectivity index (χ1n) is 6.00. The van der Waals surface area contributed by atoms with Crippen LogP contribution in [0.15, 0.2) is 0 Å². The fourth-order valence-corrected chi connectivity index (χ4v) is 3.08. The highest BCUT2D eigenvalue weighted by Crippen LogP contribution is 2.36. The molecule has 1 aliphatic carbocycles. The summed E-state index contributed by atoms with van der Waals surface area (Å²) < 4.78 is 36.3. The lowest BCUT2D eigenvalue weighted by Gasteiger charge is -2.29. The summed E-state index contributed by atoms with van der Waals surface area (Å²) >= 11 is 0. The summed E-state index contributed by atoms with van der Waals surface area (Å²) in [6.07, 6.45) is -1.41. The summed E-state index contributed by atoms with van der Waals surface area (Å²) in [7, 11) is 0. The van der Waals surface area contributed by atoms with Gasteiger partial charge in [0.1, 0.15) is 0 Å². The average molecular weight is 236 g/mol. The predicted octanol–water partition coefficient (Wildman–Crippen LogP) is 2.00. The van der Waals surface area contributed by atoms with Gasteiger partial charge in [0, 0.05) is 25.7 Å². The van der Waals surface area contributed by atoms with Gasteiger partial charge >= 0.3 is 6.18 Å². The first kappa shape index (κ1) is 12.2. The maximum absolute atomic E-state index is 12.1. The number of fused-ring (bicyclic) bond motifs is 1. The number of hydrogen-bond donors (Lipinski definition) is 1. The summed E-state index contributed by atoms with van der Waals surface area (Å²) in [5.41, 5.74) is 6.02. The molecule has 3 unspecified atom stereocenters. The lowest BCUT2D eigenvalue weighted by Crippen LogP contribution is -2.38. The zero-order chi connectivity index (χ0) is 11.8. The van der Waals surface area contributed by atoms with E-state index in [1.54, 1.807) is 0 Å². The summed E-state index contributed by atoms with van der Waals surface area (Å²) in [6.45, 7) is 1.72. The molecule has 1 saturated carbocycles. The third-order valence-corrected chi connectivity index (χ3v) is 3.94. The van der Waals surface area contributed by atoms with Crippen LogP contribution >= 0.6 is 0 Å². The zero-order valence-electron chi connectivity index (χ0n) is 9.34.